The molecule has 2 aromatic rings. The Labute approximate surface area is 138 Å². The van der Waals surface area contributed by atoms with Gasteiger partial charge in [0.2, 0.25) is 0 Å². The Bertz CT molecular complexity index is 670. The number of carbonyl (C=O) groups excluding carboxylic acids is 1. The molecule has 0 radical (unpaired) electrons. The fraction of sp³-hybridized carbons (Fsp3) is 0.294. The van der Waals surface area contributed by atoms with Crippen LogP contribution >= 0.6 is 0 Å². The number of pyridine rings is 1. The van der Waals surface area contributed by atoms with Crippen LogP contribution in [0.5, 0.6) is 0 Å². The molecule has 0 aliphatic carbocycles. The first-order valence-corrected chi connectivity index (χ1v) is 7.31. The number of halogens is 3. The van der Waals surface area contributed by atoms with Crippen molar-refractivity contribution in [3.05, 3.63) is 65.5 Å². The summed E-state index contributed by atoms with van der Waals surface area (Å²) in [6.45, 7) is 0.559. The van der Waals surface area contributed by atoms with Gasteiger partial charge in [-0.15, -0.1) is 0 Å². The van der Waals surface area contributed by atoms with E-state index in [-0.39, 0.29) is 11.6 Å². The number of rotatable bonds is 5. The highest BCUT2D eigenvalue weighted by Gasteiger charge is 2.32. The number of nitrogens with zero attached hydrogens (tertiary/aromatic N) is 2. The Kier molecular flexibility index (Phi) is 5.56. The van der Waals surface area contributed by atoms with Crippen molar-refractivity contribution >= 4 is 5.91 Å². The largest absolute Gasteiger partial charge is 0.433 e. The molecule has 128 valence electrons. The molecule has 0 aliphatic rings. The van der Waals surface area contributed by atoms with Gasteiger partial charge in [0.15, 0.2) is 0 Å². The second kappa shape index (κ2) is 7.44. The van der Waals surface area contributed by atoms with Crippen LogP contribution < -0.4 is 5.32 Å². The number of amides is 1. The van der Waals surface area contributed by atoms with Crippen molar-refractivity contribution in [3.63, 3.8) is 0 Å². The fourth-order valence-corrected chi connectivity index (χ4v) is 2.22. The maximum Gasteiger partial charge on any atom is 0.433 e. The summed E-state index contributed by atoms with van der Waals surface area (Å²) >= 11 is 0. The van der Waals surface area contributed by atoms with E-state index in [1.54, 1.807) is 0 Å². The molecule has 7 heteroatoms. The number of benzene rings is 1. The second-order valence-electron chi connectivity index (χ2n) is 5.63. The molecule has 0 aliphatic heterocycles. The van der Waals surface area contributed by atoms with Gasteiger partial charge in [0.25, 0.3) is 5.91 Å². The lowest BCUT2D eigenvalue weighted by molar-refractivity contribution is -0.141. The minimum atomic E-state index is -4.52. The molecule has 1 unspecified atom stereocenters. The molecule has 0 saturated carbocycles. The van der Waals surface area contributed by atoms with Crippen molar-refractivity contribution in [1.82, 2.24) is 15.2 Å². The third-order valence-electron chi connectivity index (χ3n) is 3.37. The topological polar surface area (TPSA) is 45.2 Å². The first-order valence-electron chi connectivity index (χ1n) is 7.31. The van der Waals surface area contributed by atoms with Crippen LogP contribution in [0.3, 0.4) is 0 Å². The van der Waals surface area contributed by atoms with Gasteiger partial charge < -0.3 is 10.2 Å². The molecule has 2 rings (SSSR count). The number of likely N-dealkylation sites (N-methyl/N-ethyl adjacent to an activating group) is 1. The Morgan fingerprint density at radius 3 is 2.33 bits per heavy atom. The SMILES string of the molecule is CN(C)CC(NC(=O)c1ccc(C(F)(F)F)nc1)c1ccccc1. The summed E-state index contributed by atoms with van der Waals surface area (Å²) in [5.74, 6) is -0.466. The normalized spacial score (nSPS) is 12.9. The minimum absolute atomic E-state index is 0.0858. The third-order valence-corrected chi connectivity index (χ3v) is 3.37. The zero-order valence-electron chi connectivity index (χ0n) is 13.3. The van der Waals surface area contributed by atoms with Crippen LogP contribution in [-0.4, -0.2) is 36.4 Å². The van der Waals surface area contributed by atoms with Crippen molar-refractivity contribution in [1.29, 1.82) is 0 Å². The third kappa shape index (κ3) is 4.79. The molecule has 24 heavy (non-hydrogen) atoms. The molecule has 1 heterocycles. The van der Waals surface area contributed by atoms with E-state index in [4.69, 9.17) is 0 Å². The van der Waals surface area contributed by atoms with E-state index in [9.17, 15) is 18.0 Å². The summed E-state index contributed by atoms with van der Waals surface area (Å²) < 4.78 is 37.6. The average molecular weight is 337 g/mol. The zero-order chi connectivity index (χ0) is 17.7. The maximum absolute atomic E-state index is 12.5. The van der Waals surface area contributed by atoms with Crippen LogP contribution in [0.4, 0.5) is 13.2 Å². The van der Waals surface area contributed by atoms with Crippen LogP contribution in [0.15, 0.2) is 48.7 Å². The van der Waals surface area contributed by atoms with Gasteiger partial charge in [-0.3, -0.25) is 9.78 Å². The highest BCUT2D eigenvalue weighted by Crippen LogP contribution is 2.27. The molecular weight excluding hydrogens is 319 g/mol. The number of nitrogens with one attached hydrogen (secondary N) is 1. The quantitative estimate of drug-likeness (QED) is 0.912. The molecule has 4 nitrogen and oxygen atoms in total. The van der Waals surface area contributed by atoms with Gasteiger partial charge in [0.1, 0.15) is 5.69 Å². The lowest BCUT2D eigenvalue weighted by Crippen LogP contribution is -2.35. The predicted octanol–water partition coefficient (Wildman–Crippen LogP) is 3.13. The van der Waals surface area contributed by atoms with Crippen LogP contribution in [-0.2, 0) is 6.18 Å². The second-order valence-corrected chi connectivity index (χ2v) is 5.63. The number of hydrogen-bond acceptors (Lipinski definition) is 3. The lowest BCUT2D eigenvalue weighted by Gasteiger charge is -2.23. The number of aromatic nitrogens is 1. The van der Waals surface area contributed by atoms with Gasteiger partial charge in [0.05, 0.1) is 11.6 Å². The number of carbonyl (C=O) groups is 1. The van der Waals surface area contributed by atoms with Crippen molar-refractivity contribution in [2.45, 2.75) is 12.2 Å². The fourth-order valence-electron chi connectivity index (χ4n) is 2.22. The van der Waals surface area contributed by atoms with Gasteiger partial charge in [-0.05, 0) is 31.8 Å². The first kappa shape index (κ1) is 17.9. The standard InChI is InChI=1S/C17H18F3N3O/c1-23(2)11-14(12-6-4-3-5-7-12)22-16(24)13-8-9-15(21-10-13)17(18,19)20/h3-10,14H,11H2,1-2H3,(H,22,24). The summed E-state index contributed by atoms with van der Waals surface area (Å²) in [6, 6.07) is 11.0. The molecule has 1 aromatic heterocycles. The highest BCUT2D eigenvalue weighted by molar-refractivity contribution is 5.94. The van der Waals surface area contributed by atoms with Gasteiger partial charge in [0, 0.05) is 12.7 Å². The summed E-state index contributed by atoms with van der Waals surface area (Å²) in [7, 11) is 3.75. The maximum atomic E-state index is 12.5. The van der Waals surface area contributed by atoms with Gasteiger partial charge in [-0.25, -0.2) is 0 Å². The molecule has 1 aromatic carbocycles. The summed E-state index contributed by atoms with van der Waals surface area (Å²) in [6.07, 6.45) is -3.58. The Balaban J connectivity index is 2.15. The smallest absolute Gasteiger partial charge is 0.344 e. The van der Waals surface area contributed by atoms with E-state index in [1.807, 2.05) is 49.3 Å². The predicted molar refractivity (Wildman–Crippen MR) is 84.4 cm³/mol. The van der Waals surface area contributed by atoms with Crippen LogP contribution in [0.25, 0.3) is 0 Å². The highest BCUT2D eigenvalue weighted by atomic mass is 19.4. The zero-order valence-corrected chi connectivity index (χ0v) is 13.3. The molecule has 1 atom stereocenters. The van der Waals surface area contributed by atoms with E-state index >= 15 is 0 Å². The van der Waals surface area contributed by atoms with Crippen LogP contribution in [0.2, 0.25) is 0 Å². The average Bonchev–Trinajstić information content (AvgIpc) is 2.54. The lowest BCUT2D eigenvalue weighted by atomic mass is 10.1. The Morgan fingerprint density at radius 1 is 1.17 bits per heavy atom. The number of hydrogen-bond donors (Lipinski definition) is 1. The number of alkyl halides is 3. The Morgan fingerprint density at radius 2 is 1.83 bits per heavy atom. The van der Waals surface area contributed by atoms with E-state index < -0.39 is 17.8 Å². The van der Waals surface area contributed by atoms with Crippen LogP contribution in [0.1, 0.15) is 27.7 Å². The van der Waals surface area contributed by atoms with Crippen molar-refractivity contribution < 1.29 is 18.0 Å². The molecule has 1 N–H and O–H groups in total. The van der Waals surface area contributed by atoms with Gasteiger partial charge >= 0.3 is 6.18 Å². The molecule has 1 amide bonds. The first-order chi connectivity index (χ1) is 11.3. The van der Waals surface area contributed by atoms with E-state index in [0.29, 0.717) is 6.54 Å². The van der Waals surface area contributed by atoms with Crippen molar-refractivity contribution in [3.8, 4) is 0 Å². The molecule has 0 fully saturated rings. The monoisotopic (exact) mass is 337 g/mol. The van der Waals surface area contributed by atoms with Crippen molar-refractivity contribution in [2.75, 3.05) is 20.6 Å². The minimum Gasteiger partial charge on any atom is -0.344 e. The molecule has 0 bridgehead atoms. The van der Waals surface area contributed by atoms with Gasteiger partial charge in [-0.1, -0.05) is 30.3 Å². The Hall–Kier alpha value is -2.41. The van der Waals surface area contributed by atoms with E-state index in [2.05, 4.69) is 10.3 Å². The van der Waals surface area contributed by atoms with E-state index in [1.165, 1.54) is 0 Å². The summed E-state index contributed by atoms with van der Waals surface area (Å²) in [5.41, 5.74) is -0.0194. The molecular formula is C17H18F3N3O. The summed E-state index contributed by atoms with van der Waals surface area (Å²) in [5, 5.41) is 2.84. The summed E-state index contributed by atoms with van der Waals surface area (Å²) in [4.78, 5) is 17.6. The molecule has 0 spiro atoms. The van der Waals surface area contributed by atoms with Gasteiger partial charge in [-0.2, -0.15) is 13.2 Å². The van der Waals surface area contributed by atoms with E-state index in [0.717, 1.165) is 23.9 Å². The van der Waals surface area contributed by atoms with Crippen molar-refractivity contribution in [2.24, 2.45) is 0 Å². The van der Waals surface area contributed by atoms with Crippen LogP contribution in [0, 0.1) is 0 Å². The molecule has 0 saturated heterocycles.